The van der Waals surface area contributed by atoms with Crippen LogP contribution in [0.2, 0.25) is 0 Å². The van der Waals surface area contributed by atoms with Crippen molar-refractivity contribution < 1.29 is 17.9 Å². The van der Waals surface area contributed by atoms with Gasteiger partial charge in [0.1, 0.15) is 11.6 Å². The van der Waals surface area contributed by atoms with Crippen LogP contribution in [-0.4, -0.2) is 36.9 Å². The van der Waals surface area contributed by atoms with Crippen molar-refractivity contribution in [1.29, 1.82) is 0 Å². The van der Waals surface area contributed by atoms with Crippen molar-refractivity contribution in [1.82, 2.24) is 4.31 Å². The number of ether oxygens (including phenoxy) is 1. The van der Waals surface area contributed by atoms with Gasteiger partial charge >= 0.3 is 15.2 Å². The van der Waals surface area contributed by atoms with Gasteiger partial charge in [0.15, 0.2) is 0 Å². The highest BCUT2D eigenvalue weighted by Gasteiger charge is 2.39. The highest BCUT2D eigenvalue weighted by molar-refractivity contribution is 8.11. The van der Waals surface area contributed by atoms with Gasteiger partial charge in [-0.15, -0.1) is 0 Å². The minimum atomic E-state index is -3.85. The minimum absolute atomic E-state index is 0.274. The van der Waals surface area contributed by atoms with Crippen LogP contribution >= 0.6 is 10.7 Å². The Morgan fingerprint density at radius 1 is 1.44 bits per heavy atom. The standard InChI is InChI=1S/C9H16ClNO4S/c1-9(2,3)15-8(12)7-5-4-6-11(7)16(10,13)14/h7H,4-6H2,1-3H3/t7-/m1/s1. The predicted molar refractivity (Wildman–Crippen MR) is 60.3 cm³/mol. The van der Waals surface area contributed by atoms with Gasteiger partial charge in [0, 0.05) is 17.2 Å². The van der Waals surface area contributed by atoms with Gasteiger partial charge in [0.25, 0.3) is 0 Å². The second kappa shape index (κ2) is 4.50. The third-order valence-electron chi connectivity index (χ3n) is 2.16. The highest BCUT2D eigenvalue weighted by Crippen LogP contribution is 2.25. The molecule has 1 rings (SSSR count). The van der Waals surface area contributed by atoms with E-state index in [9.17, 15) is 13.2 Å². The first-order chi connectivity index (χ1) is 7.11. The molecule has 0 radical (unpaired) electrons. The van der Waals surface area contributed by atoms with E-state index < -0.39 is 26.8 Å². The van der Waals surface area contributed by atoms with E-state index in [-0.39, 0.29) is 6.54 Å². The van der Waals surface area contributed by atoms with Crippen molar-refractivity contribution in [2.75, 3.05) is 6.54 Å². The van der Waals surface area contributed by atoms with Crippen LogP contribution in [0.4, 0.5) is 0 Å². The highest BCUT2D eigenvalue weighted by atomic mass is 35.7. The molecule has 0 aromatic carbocycles. The van der Waals surface area contributed by atoms with E-state index >= 15 is 0 Å². The van der Waals surface area contributed by atoms with Gasteiger partial charge in [-0.25, -0.2) is 0 Å². The number of carbonyl (C=O) groups excluding carboxylic acids is 1. The molecule has 0 unspecified atom stereocenters. The summed E-state index contributed by atoms with van der Waals surface area (Å²) in [7, 11) is 1.39. The maximum Gasteiger partial charge on any atom is 0.325 e. The zero-order valence-corrected chi connectivity index (χ0v) is 11.1. The molecule has 0 spiro atoms. The van der Waals surface area contributed by atoms with Crippen LogP contribution in [0, 0.1) is 0 Å². The van der Waals surface area contributed by atoms with E-state index in [2.05, 4.69) is 0 Å². The van der Waals surface area contributed by atoms with Crippen LogP contribution in [0.1, 0.15) is 33.6 Å². The van der Waals surface area contributed by atoms with Gasteiger partial charge in [-0.2, -0.15) is 12.7 Å². The first kappa shape index (κ1) is 13.7. The molecule has 1 heterocycles. The third-order valence-corrected chi connectivity index (χ3v) is 3.69. The second-order valence-corrected chi connectivity index (χ2v) is 7.21. The Morgan fingerprint density at radius 3 is 2.44 bits per heavy atom. The Hall–Kier alpha value is -0.330. The minimum Gasteiger partial charge on any atom is -0.459 e. The Labute approximate surface area is 100 Å². The summed E-state index contributed by atoms with van der Waals surface area (Å²) < 4.78 is 28.5. The van der Waals surface area contributed by atoms with E-state index in [1.54, 1.807) is 20.8 Å². The van der Waals surface area contributed by atoms with Crippen molar-refractivity contribution >= 4 is 25.9 Å². The number of hydrogen-bond acceptors (Lipinski definition) is 4. The monoisotopic (exact) mass is 269 g/mol. The summed E-state index contributed by atoms with van der Waals surface area (Å²) in [5.41, 5.74) is -0.624. The molecule has 1 fully saturated rings. The van der Waals surface area contributed by atoms with Crippen LogP contribution < -0.4 is 0 Å². The zero-order valence-electron chi connectivity index (χ0n) is 9.57. The summed E-state index contributed by atoms with van der Waals surface area (Å²) in [6.07, 6.45) is 1.08. The van der Waals surface area contributed by atoms with E-state index in [1.807, 2.05) is 0 Å². The lowest BCUT2D eigenvalue weighted by Gasteiger charge is -2.25. The molecule has 7 heteroatoms. The third kappa shape index (κ3) is 3.61. The zero-order chi connectivity index (χ0) is 12.6. The molecule has 1 aliphatic rings. The van der Waals surface area contributed by atoms with Crippen molar-refractivity contribution in [3.8, 4) is 0 Å². The Kier molecular flexibility index (Phi) is 3.87. The molecule has 0 N–H and O–H groups in total. The molecule has 0 aromatic rings. The van der Waals surface area contributed by atoms with E-state index in [1.165, 1.54) is 0 Å². The molecule has 5 nitrogen and oxygen atoms in total. The van der Waals surface area contributed by atoms with Gasteiger partial charge in [0.2, 0.25) is 0 Å². The number of esters is 1. The average molecular weight is 270 g/mol. The summed E-state index contributed by atoms with van der Waals surface area (Å²) in [5, 5.41) is 0. The van der Waals surface area contributed by atoms with E-state index in [0.29, 0.717) is 12.8 Å². The molecule has 1 atom stereocenters. The fourth-order valence-electron chi connectivity index (χ4n) is 1.61. The van der Waals surface area contributed by atoms with E-state index in [0.717, 1.165) is 4.31 Å². The molecular weight excluding hydrogens is 254 g/mol. The van der Waals surface area contributed by atoms with Crippen LogP contribution in [0.25, 0.3) is 0 Å². The Morgan fingerprint density at radius 2 is 2.00 bits per heavy atom. The lowest BCUT2D eigenvalue weighted by Crippen LogP contribution is -2.41. The number of nitrogens with zero attached hydrogens (tertiary/aromatic N) is 1. The summed E-state index contributed by atoms with van der Waals surface area (Å²) in [6, 6.07) is -0.776. The maximum atomic E-state index is 11.7. The molecule has 1 saturated heterocycles. The predicted octanol–water partition coefficient (Wildman–Crippen LogP) is 1.28. The first-order valence-corrected chi connectivity index (χ1v) is 7.32. The molecule has 94 valence electrons. The largest absolute Gasteiger partial charge is 0.459 e. The molecule has 16 heavy (non-hydrogen) atoms. The first-order valence-electron chi connectivity index (χ1n) is 5.05. The van der Waals surface area contributed by atoms with Crippen molar-refractivity contribution in [2.45, 2.75) is 45.3 Å². The molecule has 1 aliphatic heterocycles. The summed E-state index contributed by atoms with van der Waals surface area (Å²) in [6.45, 7) is 5.48. The fraction of sp³-hybridized carbons (Fsp3) is 0.889. The van der Waals surface area contributed by atoms with Gasteiger partial charge in [-0.3, -0.25) is 4.79 Å². The summed E-state index contributed by atoms with van der Waals surface area (Å²) in [5.74, 6) is -0.533. The quantitative estimate of drug-likeness (QED) is 0.560. The number of halogens is 1. The molecule has 0 aliphatic carbocycles. The molecule has 0 saturated carbocycles. The molecule has 0 bridgehead atoms. The van der Waals surface area contributed by atoms with Crippen molar-refractivity contribution in [2.24, 2.45) is 0 Å². The number of rotatable bonds is 2. The number of hydrogen-bond donors (Lipinski definition) is 0. The Bertz CT molecular complexity index is 373. The van der Waals surface area contributed by atoms with Crippen molar-refractivity contribution in [3.05, 3.63) is 0 Å². The van der Waals surface area contributed by atoms with Gasteiger partial charge in [-0.1, -0.05) is 0 Å². The fourth-order valence-corrected chi connectivity index (χ4v) is 2.94. The van der Waals surface area contributed by atoms with Gasteiger partial charge in [-0.05, 0) is 33.6 Å². The molecular formula is C9H16ClNO4S. The maximum absolute atomic E-state index is 11.7. The van der Waals surface area contributed by atoms with Crippen LogP contribution in [0.5, 0.6) is 0 Å². The number of carbonyl (C=O) groups is 1. The average Bonchev–Trinajstić information content (AvgIpc) is 2.45. The van der Waals surface area contributed by atoms with Gasteiger partial charge < -0.3 is 4.74 Å². The molecule has 0 aromatic heterocycles. The van der Waals surface area contributed by atoms with Gasteiger partial charge in [0.05, 0.1) is 0 Å². The van der Waals surface area contributed by atoms with Crippen LogP contribution in [-0.2, 0) is 18.8 Å². The summed E-state index contributed by atoms with van der Waals surface area (Å²) in [4.78, 5) is 11.7. The second-order valence-electron chi connectivity index (χ2n) is 4.74. The Balaban J connectivity index is 2.77. The topological polar surface area (TPSA) is 63.7 Å². The lowest BCUT2D eigenvalue weighted by molar-refractivity contribution is -0.158. The lowest BCUT2D eigenvalue weighted by atomic mass is 10.2. The smallest absolute Gasteiger partial charge is 0.325 e. The van der Waals surface area contributed by atoms with Crippen LogP contribution in [0.3, 0.4) is 0 Å². The molecule has 0 amide bonds. The van der Waals surface area contributed by atoms with E-state index in [4.69, 9.17) is 15.4 Å². The summed E-state index contributed by atoms with van der Waals surface area (Å²) >= 11 is 0. The van der Waals surface area contributed by atoms with Crippen LogP contribution in [0.15, 0.2) is 0 Å². The normalized spacial score (nSPS) is 23.4. The SMILES string of the molecule is CC(C)(C)OC(=O)[C@H]1CCCN1S(=O)(=O)Cl. The van der Waals surface area contributed by atoms with Crippen molar-refractivity contribution in [3.63, 3.8) is 0 Å².